The first-order chi connectivity index (χ1) is 8.02. The van der Waals surface area contributed by atoms with Crippen molar-refractivity contribution >= 4 is 11.8 Å². The van der Waals surface area contributed by atoms with Crippen LogP contribution in [0, 0.1) is 10.1 Å². The first-order valence-corrected chi connectivity index (χ1v) is 4.84. The van der Waals surface area contributed by atoms with E-state index in [0.29, 0.717) is 5.57 Å². The number of ketones is 1. The quantitative estimate of drug-likeness (QED) is 0.241. The molecule has 90 valence electrons. The molecule has 0 atom stereocenters. The largest absolute Gasteiger partial charge is 0.469 e. The molecule has 1 rings (SSSR count). The van der Waals surface area contributed by atoms with E-state index in [1.54, 1.807) is 6.08 Å². The van der Waals surface area contributed by atoms with Gasteiger partial charge in [0.2, 0.25) is 0 Å². The monoisotopic (exact) mass is 237 g/mol. The van der Waals surface area contributed by atoms with Crippen molar-refractivity contribution in [2.24, 2.45) is 0 Å². The third-order valence-electron chi connectivity index (χ3n) is 2.11. The second kappa shape index (κ2) is 5.74. The van der Waals surface area contributed by atoms with Gasteiger partial charge in [0, 0.05) is 6.08 Å². The number of nitrogens with zero attached hydrogens (tertiary/aromatic N) is 1. The van der Waals surface area contributed by atoms with Crippen molar-refractivity contribution in [3.63, 3.8) is 0 Å². The van der Waals surface area contributed by atoms with Crippen molar-refractivity contribution in [2.45, 2.75) is 12.8 Å². The van der Waals surface area contributed by atoms with Gasteiger partial charge >= 0.3 is 5.97 Å². The van der Waals surface area contributed by atoms with Gasteiger partial charge in [-0.1, -0.05) is 12.2 Å². The third kappa shape index (κ3) is 4.02. The lowest BCUT2D eigenvalue weighted by molar-refractivity contribution is -0.427. The lowest BCUT2D eigenvalue weighted by atomic mass is 10.0. The third-order valence-corrected chi connectivity index (χ3v) is 2.11. The number of hydrogen-bond donors (Lipinski definition) is 0. The van der Waals surface area contributed by atoms with Gasteiger partial charge in [0.05, 0.1) is 18.5 Å². The molecule has 1 aliphatic carbocycles. The number of hydrogen-bond acceptors (Lipinski definition) is 5. The molecule has 0 spiro atoms. The smallest absolute Gasteiger partial charge is 0.313 e. The first-order valence-electron chi connectivity index (χ1n) is 4.84. The van der Waals surface area contributed by atoms with Crippen LogP contribution in [0.25, 0.3) is 0 Å². The summed E-state index contributed by atoms with van der Waals surface area (Å²) in [6, 6.07) is 0. The molecule has 17 heavy (non-hydrogen) atoms. The normalized spacial score (nSPS) is 16.5. The highest BCUT2D eigenvalue weighted by Gasteiger charge is 2.16. The molecule has 0 aromatic carbocycles. The van der Waals surface area contributed by atoms with E-state index in [1.807, 2.05) is 0 Å². The first kappa shape index (κ1) is 12.8. The van der Waals surface area contributed by atoms with Crippen molar-refractivity contribution in [3.8, 4) is 0 Å². The summed E-state index contributed by atoms with van der Waals surface area (Å²) in [5.41, 5.74) is 0.526. The molecule has 0 aromatic heterocycles. The minimum atomic E-state index is -0.628. The summed E-state index contributed by atoms with van der Waals surface area (Å²) in [7, 11) is 1.19. The number of rotatable bonds is 4. The summed E-state index contributed by atoms with van der Waals surface area (Å²) in [4.78, 5) is 32.2. The summed E-state index contributed by atoms with van der Waals surface area (Å²) >= 11 is 0. The van der Waals surface area contributed by atoms with Crippen LogP contribution in [-0.2, 0) is 14.3 Å². The molecule has 0 amide bonds. The van der Waals surface area contributed by atoms with Crippen molar-refractivity contribution in [1.29, 1.82) is 0 Å². The summed E-state index contributed by atoms with van der Waals surface area (Å²) < 4.78 is 4.34. The number of esters is 1. The van der Waals surface area contributed by atoms with Gasteiger partial charge in [0.1, 0.15) is 6.42 Å². The Morgan fingerprint density at radius 3 is 2.88 bits per heavy atom. The second-order valence-corrected chi connectivity index (χ2v) is 3.39. The lowest BCUT2D eigenvalue weighted by Crippen LogP contribution is -2.08. The Morgan fingerprint density at radius 1 is 1.59 bits per heavy atom. The predicted molar refractivity (Wildman–Crippen MR) is 58.6 cm³/mol. The number of ether oxygens (including phenoxy) is 1. The van der Waals surface area contributed by atoms with E-state index in [0.717, 1.165) is 0 Å². The topological polar surface area (TPSA) is 86.5 Å². The molecular formula is C11H11NO5. The minimum absolute atomic E-state index is 0.0182. The van der Waals surface area contributed by atoms with Crippen LogP contribution >= 0.6 is 0 Å². The van der Waals surface area contributed by atoms with Crippen molar-refractivity contribution in [2.75, 3.05) is 7.11 Å². The Kier molecular flexibility index (Phi) is 4.33. The molecule has 0 bridgehead atoms. The molecule has 1 aliphatic rings. The number of carbonyl (C=O) groups excluding carboxylic acids is 2. The number of nitro groups is 1. The van der Waals surface area contributed by atoms with Crippen LogP contribution in [0.4, 0.5) is 0 Å². The van der Waals surface area contributed by atoms with Crippen LogP contribution in [0.3, 0.4) is 0 Å². The highest BCUT2D eigenvalue weighted by Crippen LogP contribution is 2.18. The average molecular weight is 237 g/mol. The number of methoxy groups -OCH3 is 1. The second-order valence-electron chi connectivity index (χ2n) is 3.39. The van der Waals surface area contributed by atoms with Crippen molar-refractivity contribution in [1.82, 2.24) is 0 Å². The molecule has 6 nitrogen and oxygen atoms in total. The van der Waals surface area contributed by atoms with E-state index in [1.165, 1.54) is 25.3 Å². The van der Waals surface area contributed by atoms with Gasteiger partial charge in [-0.05, 0) is 11.6 Å². The van der Waals surface area contributed by atoms with Crippen LogP contribution in [0.1, 0.15) is 12.8 Å². The number of carbonyl (C=O) groups is 2. The van der Waals surface area contributed by atoms with Crippen LogP contribution in [-0.4, -0.2) is 23.8 Å². The van der Waals surface area contributed by atoms with Gasteiger partial charge in [0.15, 0.2) is 5.78 Å². The molecule has 0 saturated carbocycles. The molecule has 0 saturated heterocycles. The summed E-state index contributed by atoms with van der Waals surface area (Å²) in [5, 5.41) is 10.5. The highest BCUT2D eigenvalue weighted by atomic mass is 16.6. The maximum atomic E-state index is 11.4. The van der Waals surface area contributed by atoms with E-state index in [-0.39, 0.29) is 18.5 Å². The number of allylic oxidation sites excluding steroid dienone is 5. The van der Waals surface area contributed by atoms with Gasteiger partial charge in [-0.15, -0.1) is 0 Å². The average Bonchev–Trinajstić information content (AvgIpc) is 2.28. The molecule has 0 aromatic rings. The van der Waals surface area contributed by atoms with Crippen molar-refractivity contribution in [3.05, 3.63) is 45.7 Å². The van der Waals surface area contributed by atoms with E-state index < -0.39 is 16.7 Å². The summed E-state index contributed by atoms with van der Waals surface area (Å²) in [5.74, 6) is -1.06. The van der Waals surface area contributed by atoms with Gasteiger partial charge < -0.3 is 4.74 Å². The van der Waals surface area contributed by atoms with Gasteiger partial charge in [-0.3, -0.25) is 19.7 Å². The Morgan fingerprint density at radius 2 is 2.29 bits per heavy atom. The van der Waals surface area contributed by atoms with Crippen LogP contribution in [0.15, 0.2) is 35.6 Å². The van der Waals surface area contributed by atoms with Crippen LogP contribution < -0.4 is 0 Å². The maximum absolute atomic E-state index is 11.4. The Balaban J connectivity index is 2.67. The zero-order chi connectivity index (χ0) is 12.8. The predicted octanol–water partition coefficient (Wildman–Crippen LogP) is 1.17. The fraction of sp³-hybridized carbons (Fsp3) is 0.273. The Hall–Kier alpha value is -2.24. The fourth-order valence-corrected chi connectivity index (χ4v) is 1.31. The summed E-state index contributed by atoms with van der Waals surface area (Å²) in [6.45, 7) is 0. The molecule has 0 heterocycles. The van der Waals surface area contributed by atoms with Crippen LogP contribution in [0.5, 0.6) is 0 Å². The zero-order valence-electron chi connectivity index (χ0n) is 9.21. The van der Waals surface area contributed by atoms with Gasteiger partial charge in [0.25, 0.3) is 5.70 Å². The standard InChI is InChI=1S/C11H11NO5/c1-17-11(14)7-10(13)6-8-3-2-4-9(5-8)12(15)16/h2-4,6H,5,7H2,1H3. The highest BCUT2D eigenvalue weighted by molar-refractivity contribution is 6.02. The van der Waals surface area contributed by atoms with Crippen LogP contribution in [0.2, 0.25) is 0 Å². The van der Waals surface area contributed by atoms with Crippen molar-refractivity contribution < 1.29 is 19.2 Å². The Bertz CT molecular complexity index is 445. The maximum Gasteiger partial charge on any atom is 0.313 e. The molecule has 0 aliphatic heterocycles. The fourth-order valence-electron chi connectivity index (χ4n) is 1.31. The molecule has 0 unspecified atom stereocenters. The van der Waals surface area contributed by atoms with E-state index in [2.05, 4.69) is 4.74 Å². The van der Waals surface area contributed by atoms with E-state index in [4.69, 9.17) is 0 Å². The van der Waals surface area contributed by atoms with Gasteiger partial charge in [-0.25, -0.2) is 0 Å². The Labute approximate surface area is 97.4 Å². The lowest BCUT2D eigenvalue weighted by Gasteiger charge is -2.04. The molecule has 0 radical (unpaired) electrons. The van der Waals surface area contributed by atoms with Gasteiger partial charge in [-0.2, -0.15) is 0 Å². The molecular weight excluding hydrogens is 226 g/mol. The molecule has 0 N–H and O–H groups in total. The van der Waals surface area contributed by atoms with E-state index >= 15 is 0 Å². The zero-order valence-corrected chi connectivity index (χ0v) is 9.21. The van der Waals surface area contributed by atoms with E-state index in [9.17, 15) is 19.7 Å². The molecule has 6 heteroatoms. The molecule has 0 fully saturated rings. The minimum Gasteiger partial charge on any atom is -0.469 e. The summed E-state index contributed by atoms with van der Waals surface area (Å²) in [6.07, 6.45) is 5.43. The SMILES string of the molecule is COC(=O)CC(=O)C=C1C=CC=C([N+](=O)[O-])C1.